The fourth-order valence-electron chi connectivity index (χ4n) is 1.12. The van der Waals surface area contributed by atoms with E-state index in [1.165, 1.54) is 6.34 Å². The summed E-state index contributed by atoms with van der Waals surface area (Å²) >= 11 is 5.75. The molecule has 1 N–H and O–H groups in total. The van der Waals surface area contributed by atoms with Gasteiger partial charge in [0.2, 0.25) is 0 Å². The van der Waals surface area contributed by atoms with E-state index in [2.05, 4.69) is 9.98 Å². The summed E-state index contributed by atoms with van der Waals surface area (Å²) < 4.78 is 0. The quantitative estimate of drug-likeness (QED) is 0.553. The molecule has 0 aliphatic carbocycles. The first-order valence-electron chi connectivity index (χ1n) is 3.25. The topological polar surface area (TPSA) is 48.2 Å². The Morgan fingerprint density at radius 2 is 2.45 bits per heavy atom. The smallest absolute Gasteiger partial charge is 0.160 e. The third-order valence-corrected chi connectivity index (χ3v) is 1.97. The zero-order chi connectivity index (χ0) is 7.84. The van der Waals surface area contributed by atoms with Gasteiger partial charge in [-0.1, -0.05) is 11.6 Å². The van der Waals surface area contributed by atoms with E-state index in [1.54, 1.807) is 0 Å². The van der Waals surface area contributed by atoms with Crippen LogP contribution in [-0.2, 0) is 0 Å². The minimum atomic E-state index is 0.437. The minimum Gasteiger partial charge on any atom is -0.281 e. The highest BCUT2D eigenvalue weighted by molar-refractivity contribution is 6.33. The molecule has 2 heterocycles. The predicted octanol–water partition coefficient (Wildman–Crippen LogP) is 0.972. The highest BCUT2D eigenvalue weighted by Gasteiger charge is 2.24. The largest absolute Gasteiger partial charge is 0.281 e. The number of aliphatic imine (C=N–C) groups is 2. The summed E-state index contributed by atoms with van der Waals surface area (Å²) in [5, 5.41) is 10.5. The van der Waals surface area contributed by atoms with Gasteiger partial charge < -0.3 is 0 Å². The fourth-order valence-corrected chi connectivity index (χ4v) is 1.35. The average molecular weight is 172 g/mol. The highest BCUT2D eigenvalue weighted by atomic mass is 35.5. The maximum Gasteiger partial charge on any atom is 0.160 e. The molecule has 4 nitrogen and oxygen atoms in total. The Hall–Kier alpha value is -0.870. The van der Waals surface area contributed by atoms with Crippen LogP contribution in [0.3, 0.4) is 0 Å². The number of hydrogen-bond acceptors (Lipinski definition) is 4. The van der Waals surface area contributed by atoms with Crippen molar-refractivity contribution < 1.29 is 5.21 Å². The van der Waals surface area contributed by atoms with Crippen LogP contribution < -0.4 is 0 Å². The van der Waals surface area contributed by atoms with E-state index in [-0.39, 0.29) is 0 Å². The molecule has 0 radical (unpaired) electrons. The van der Waals surface area contributed by atoms with E-state index in [4.69, 9.17) is 16.8 Å². The molecule has 0 atom stereocenters. The van der Waals surface area contributed by atoms with Gasteiger partial charge in [-0.15, -0.1) is 0 Å². The first-order chi connectivity index (χ1) is 5.29. The van der Waals surface area contributed by atoms with Gasteiger partial charge in [0, 0.05) is 12.1 Å². The number of fused-ring (bicyclic) bond motifs is 1. The molecule has 2 aliphatic rings. The Morgan fingerprint density at radius 3 is 3.18 bits per heavy atom. The molecule has 0 spiro atoms. The number of amidine groups is 1. The summed E-state index contributed by atoms with van der Waals surface area (Å²) in [6, 6.07) is 0. The van der Waals surface area contributed by atoms with Crippen molar-refractivity contribution in [3.05, 3.63) is 10.7 Å². The summed E-state index contributed by atoms with van der Waals surface area (Å²) in [5.41, 5.74) is 0.830. The van der Waals surface area contributed by atoms with E-state index in [0.717, 1.165) is 17.1 Å². The molecule has 0 aromatic carbocycles. The van der Waals surface area contributed by atoms with Crippen LogP contribution in [0, 0.1) is 0 Å². The molecule has 2 rings (SSSR count). The van der Waals surface area contributed by atoms with Gasteiger partial charge in [0.1, 0.15) is 11.5 Å². The van der Waals surface area contributed by atoms with E-state index >= 15 is 0 Å². The van der Waals surface area contributed by atoms with Crippen LogP contribution in [0.1, 0.15) is 6.42 Å². The predicted molar refractivity (Wildman–Crippen MR) is 41.9 cm³/mol. The lowest BCUT2D eigenvalue weighted by atomic mass is 10.2. The number of hydroxylamine groups is 2. The zero-order valence-electron chi connectivity index (χ0n) is 5.66. The van der Waals surface area contributed by atoms with Crippen molar-refractivity contribution in [3.63, 3.8) is 0 Å². The van der Waals surface area contributed by atoms with Crippen LogP contribution in [0.2, 0.25) is 0 Å². The van der Waals surface area contributed by atoms with Gasteiger partial charge >= 0.3 is 0 Å². The monoisotopic (exact) mass is 171 g/mol. The Bertz CT molecular complexity index is 282. The molecule has 0 aromatic heterocycles. The molecule has 0 amide bonds. The number of hydrogen-bond donors (Lipinski definition) is 1. The summed E-state index contributed by atoms with van der Waals surface area (Å²) in [4.78, 5) is 7.82. The summed E-state index contributed by atoms with van der Waals surface area (Å²) in [6.07, 6.45) is 2.01. The van der Waals surface area contributed by atoms with Gasteiger partial charge in [0.05, 0.1) is 0 Å². The molecule has 0 unspecified atom stereocenters. The molecule has 0 saturated heterocycles. The second-order valence-electron chi connectivity index (χ2n) is 2.31. The summed E-state index contributed by atoms with van der Waals surface area (Å²) in [5.74, 6) is 0.532. The second-order valence-corrected chi connectivity index (χ2v) is 2.67. The lowest BCUT2D eigenvalue weighted by Gasteiger charge is -2.15. The number of nitrogens with zero attached hydrogens (tertiary/aromatic N) is 3. The molecule has 0 fully saturated rings. The van der Waals surface area contributed by atoms with Gasteiger partial charge in [0.25, 0.3) is 0 Å². The first-order valence-corrected chi connectivity index (χ1v) is 3.62. The normalized spacial score (nSPS) is 22.4. The van der Waals surface area contributed by atoms with E-state index in [1.807, 2.05) is 0 Å². The third kappa shape index (κ3) is 0.948. The van der Waals surface area contributed by atoms with E-state index in [9.17, 15) is 0 Å². The van der Waals surface area contributed by atoms with Crippen LogP contribution in [-0.4, -0.2) is 29.0 Å². The van der Waals surface area contributed by atoms with Crippen LogP contribution in [0.5, 0.6) is 0 Å². The lowest BCUT2D eigenvalue weighted by molar-refractivity contribution is 0.0695. The minimum absolute atomic E-state index is 0.437. The van der Waals surface area contributed by atoms with Gasteiger partial charge in [-0.3, -0.25) is 10.2 Å². The van der Waals surface area contributed by atoms with Gasteiger partial charge in [-0.2, -0.15) is 5.06 Å². The number of halogens is 1. The molecular weight excluding hydrogens is 166 g/mol. The van der Waals surface area contributed by atoms with Crippen LogP contribution in [0.15, 0.2) is 20.7 Å². The maximum absolute atomic E-state index is 9.16. The molecule has 0 bridgehead atoms. The SMILES string of the molecule is ON1C=NC(Cl)=C2CCN=C21. The highest BCUT2D eigenvalue weighted by Crippen LogP contribution is 2.24. The van der Waals surface area contributed by atoms with Crippen LogP contribution in [0.25, 0.3) is 0 Å². The van der Waals surface area contributed by atoms with Gasteiger partial charge in [-0.25, -0.2) is 4.99 Å². The first kappa shape index (κ1) is 6.82. The van der Waals surface area contributed by atoms with Crippen molar-refractivity contribution in [2.24, 2.45) is 9.98 Å². The molecule has 0 saturated carbocycles. The molecular formula is C6H6ClN3O. The molecule has 58 valence electrons. The van der Waals surface area contributed by atoms with Gasteiger partial charge in [-0.05, 0) is 6.42 Å². The van der Waals surface area contributed by atoms with Crippen molar-refractivity contribution in [2.45, 2.75) is 6.42 Å². The molecule has 5 heteroatoms. The third-order valence-electron chi connectivity index (χ3n) is 1.64. The Kier molecular flexibility index (Phi) is 1.44. The second kappa shape index (κ2) is 2.32. The summed E-state index contributed by atoms with van der Waals surface area (Å²) in [7, 11) is 0. The Morgan fingerprint density at radius 1 is 1.64 bits per heavy atom. The molecule has 11 heavy (non-hydrogen) atoms. The lowest BCUT2D eigenvalue weighted by Crippen LogP contribution is -2.28. The maximum atomic E-state index is 9.16. The van der Waals surface area contributed by atoms with Gasteiger partial charge in [0.15, 0.2) is 5.84 Å². The van der Waals surface area contributed by atoms with E-state index in [0.29, 0.717) is 17.5 Å². The van der Waals surface area contributed by atoms with Crippen molar-refractivity contribution >= 4 is 23.8 Å². The van der Waals surface area contributed by atoms with Crippen LogP contribution in [0.4, 0.5) is 0 Å². The average Bonchev–Trinajstić information content (AvgIpc) is 2.45. The standard InChI is InChI=1S/C6H6ClN3O/c7-5-4-1-2-8-6(4)10(11)3-9-5/h3,11H,1-2H2. The van der Waals surface area contributed by atoms with Crippen molar-refractivity contribution in [1.29, 1.82) is 0 Å². The Balaban J connectivity index is 2.46. The van der Waals surface area contributed by atoms with Crippen molar-refractivity contribution in [3.8, 4) is 0 Å². The van der Waals surface area contributed by atoms with Crippen molar-refractivity contribution in [1.82, 2.24) is 5.06 Å². The van der Waals surface area contributed by atoms with Crippen molar-refractivity contribution in [2.75, 3.05) is 6.54 Å². The Labute approximate surface area is 68.5 Å². The van der Waals surface area contributed by atoms with E-state index < -0.39 is 0 Å². The molecule has 0 aromatic rings. The zero-order valence-corrected chi connectivity index (χ0v) is 6.41. The molecule has 2 aliphatic heterocycles. The fraction of sp³-hybridized carbons (Fsp3) is 0.333. The number of rotatable bonds is 0. The summed E-state index contributed by atoms with van der Waals surface area (Å²) in [6.45, 7) is 0.682. The van der Waals surface area contributed by atoms with Crippen LogP contribution >= 0.6 is 11.6 Å².